The number of nitrogens with two attached hydrogens (primary N) is 1. The summed E-state index contributed by atoms with van der Waals surface area (Å²) in [5.74, 6) is -0.986. The van der Waals surface area contributed by atoms with E-state index in [-0.39, 0.29) is 48.4 Å². The van der Waals surface area contributed by atoms with Crippen LogP contribution in [0.15, 0.2) is 36.7 Å². The second-order valence-electron chi connectivity index (χ2n) is 11.8. The average Bonchev–Trinajstić information content (AvgIpc) is 3.08. The largest absolute Gasteiger partial charge is 0.381 e. The van der Waals surface area contributed by atoms with Crippen molar-refractivity contribution in [2.75, 3.05) is 26.0 Å². The monoisotopic (exact) mass is 590 g/mol. The number of sulfonamides is 1. The van der Waals surface area contributed by atoms with E-state index in [1.54, 1.807) is 23.5 Å². The topological polar surface area (TPSA) is 115 Å². The Hall–Kier alpha value is -2.31. The molecule has 11 heteroatoms. The number of Topliss-reactive ketones (excluding diaryl/α,β-unsaturated/α-hetero) is 1. The molecule has 4 atom stereocenters. The zero-order valence-corrected chi connectivity index (χ0v) is 24.3. The van der Waals surface area contributed by atoms with Gasteiger partial charge in [0.15, 0.2) is 5.78 Å². The molecule has 1 unspecified atom stereocenters. The van der Waals surface area contributed by atoms with Crippen molar-refractivity contribution in [1.29, 1.82) is 0 Å². The zero-order chi connectivity index (χ0) is 29.2. The molecular formula is C30H40F2N4O4S. The van der Waals surface area contributed by atoms with E-state index in [2.05, 4.69) is 10.3 Å². The van der Waals surface area contributed by atoms with Gasteiger partial charge in [-0.3, -0.25) is 9.78 Å². The van der Waals surface area contributed by atoms with Crippen LogP contribution in [0.3, 0.4) is 0 Å². The Balaban J connectivity index is 1.34. The first-order chi connectivity index (χ1) is 19.6. The van der Waals surface area contributed by atoms with Crippen molar-refractivity contribution >= 4 is 15.8 Å². The summed E-state index contributed by atoms with van der Waals surface area (Å²) < 4.78 is 61.8. The molecule has 0 amide bonds. The highest BCUT2D eigenvalue weighted by molar-refractivity contribution is 7.89. The van der Waals surface area contributed by atoms with Crippen LogP contribution < -0.4 is 11.1 Å². The average molecular weight is 591 g/mol. The predicted octanol–water partition coefficient (Wildman–Crippen LogP) is 3.02. The molecular weight excluding hydrogens is 550 g/mol. The van der Waals surface area contributed by atoms with Crippen LogP contribution in [0, 0.1) is 11.6 Å². The molecule has 0 spiro atoms. The minimum atomic E-state index is -3.37. The first-order valence-corrected chi connectivity index (χ1v) is 16.1. The van der Waals surface area contributed by atoms with E-state index in [0.717, 1.165) is 31.0 Å². The lowest BCUT2D eigenvalue weighted by Gasteiger charge is -2.44. The fraction of sp³-hybridized carbons (Fsp3) is 0.600. The molecule has 3 N–H and O–H groups in total. The van der Waals surface area contributed by atoms with Crippen molar-refractivity contribution in [3.8, 4) is 0 Å². The normalized spacial score (nSPS) is 30.3. The molecule has 41 heavy (non-hydrogen) atoms. The second-order valence-corrected chi connectivity index (χ2v) is 13.8. The standard InChI is InChI=1S/C30H40F2N4O4S/c1-40-25-10-12-30(13-11-25,21-4-6-22(31)7-5-21)29(33)28(37)15-20-16-34-18-27(32)26(20)9-8-24-17-35-23-3-2-14-41(38,39)36(24)19-23/h4-7,16,18,23-25,29,35H,2-3,8-15,17,19,33H2,1H3/t23-,24+,25?,29-,30?/m1/s1. The molecule has 1 saturated carbocycles. The number of hydrogen-bond acceptors (Lipinski definition) is 7. The van der Waals surface area contributed by atoms with Crippen LogP contribution in [0.4, 0.5) is 8.78 Å². The van der Waals surface area contributed by atoms with Gasteiger partial charge in [0, 0.05) is 50.3 Å². The lowest BCUT2D eigenvalue weighted by Crippen LogP contribution is -2.57. The number of rotatable bonds is 9. The molecule has 1 aromatic heterocycles. The van der Waals surface area contributed by atoms with E-state index in [4.69, 9.17) is 10.5 Å². The van der Waals surface area contributed by atoms with Gasteiger partial charge in [-0.1, -0.05) is 12.1 Å². The molecule has 224 valence electrons. The van der Waals surface area contributed by atoms with Crippen molar-refractivity contribution in [1.82, 2.24) is 14.6 Å². The summed E-state index contributed by atoms with van der Waals surface area (Å²) >= 11 is 0. The SMILES string of the molecule is COC1CCC(c2ccc(F)cc2)([C@H](N)C(=O)Cc2cncc(F)c2CC[C@H]2CN[C@@H]3CCCS(=O)(=O)N2C3)CC1. The summed E-state index contributed by atoms with van der Waals surface area (Å²) in [5, 5.41) is 3.44. The van der Waals surface area contributed by atoms with Gasteiger partial charge in [-0.2, -0.15) is 4.31 Å². The summed E-state index contributed by atoms with van der Waals surface area (Å²) in [4.78, 5) is 17.8. The first-order valence-electron chi connectivity index (χ1n) is 14.5. The first kappa shape index (κ1) is 30.2. The van der Waals surface area contributed by atoms with E-state index >= 15 is 4.39 Å². The number of halogens is 2. The van der Waals surface area contributed by atoms with E-state index in [1.165, 1.54) is 18.3 Å². The molecule has 5 rings (SSSR count). The van der Waals surface area contributed by atoms with Crippen LogP contribution in [0.2, 0.25) is 0 Å². The van der Waals surface area contributed by atoms with Crippen molar-refractivity contribution in [2.45, 2.75) is 87.4 Å². The van der Waals surface area contributed by atoms with Crippen LogP contribution in [0.5, 0.6) is 0 Å². The summed E-state index contributed by atoms with van der Waals surface area (Å²) in [6, 6.07) is 5.14. The summed E-state index contributed by atoms with van der Waals surface area (Å²) in [6.45, 7) is 0.944. The quantitative estimate of drug-likeness (QED) is 0.462. The highest BCUT2D eigenvalue weighted by Crippen LogP contribution is 2.43. The Kier molecular flexibility index (Phi) is 9.20. The molecule has 1 aromatic carbocycles. The van der Waals surface area contributed by atoms with Crippen LogP contribution >= 0.6 is 0 Å². The fourth-order valence-corrected chi connectivity index (χ4v) is 8.81. The van der Waals surface area contributed by atoms with Gasteiger partial charge >= 0.3 is 0 Å². The van der Waals surface area contributed by atoms with Crippen molar-refractivity contribution in [3.63, 3.8) is 0 Å². The van der Waals surface area contributed by atoms with Crippen LogP contribution in [0.1, 0.15) is 61.6 Å². The van der Waals surface area contributed by atoms with Gasteiger partial charge in [0.05, 0.1) is 24.1 Å². The molecule has 3 aliphatic rings. The van der Waals surface area contributed by atoms with E-state index < -0.39 is 27.3 Å². The minimum Gasteiger partial charge on any atom is -0.381 e. The number of nitrogens with one attached hydrogen (secondary N) is 1. The van der Waals surface area contributed by atoms with Crippen LogP contribution in [0.25, 0.3) is 0 Å². The maximum atomic E-state index is 15.1. The van der Waals surface area contributed by atoms with Crippen molar-refractivity contribution < 1.29 is 26.7 Å². The third kappa shape index (κ3) is 6.39. The van der Waals surface area contributed by atoms with Gasteiger partial charge in [0.25, 0.3) is 0 Å². The number of carbonyl (C=O) groups is 1. The number of methoxy groups -OCH3 is 1. The predicted molar refractivity (Wildman–Crippen MR) is 152 cm³/mol. The van der Waals surface area contributed by atoms with Crippen molar-refractivity contribution in [2.24, 2.45) is 5.73 Å². The maximum Gasteiger partial charge on any atom is 0.214 e. The maximum absolute atomic E-state index is 15.1. The van der Waals surface area contributed by atoms with Gasteiger partial charge in [-0.15, -0.1) is 0 Å². The van der Waals surface area contributed by atoms with E-state index in [9.17, 15) is 17.6 Å². The fourth-order valence-electron chi connectivity index (χ4n) is 7.00. The summed E-state index contributed by atoms with van der Waals surface area (Å²) in [6.07, 6.45) is 7.41. The molecule has 2 bridgehead atoms. The molecule has 3 fully saturated rings. The van der Waals surface area contributed by atoms with Crippen LogP contribution in [-0.4, -0.2) is 73.7 Å². The van der Waals surface area contributed by atoms with Gasteiger partial charge in [-0.25, -0.2) is 17.2 Å². The number of aromatic nitrogens is 1. The van der Waals surface area contributed by atoms with Gasteiger partial charge in [-0.05, 0) is 80.2 Å². The number of carbonyl (C=O) groups excluding carboxylic acids is 1. The highest BCUT2D eigenvalue weighted by atomic mass is 32.2. The molecule has 2 aromatic rings. The lowest BCUT2D eigenvalue weighted by atomic mass is 9.63. The molecule has 3 heterocycles. The molecule has 0 radical (unpaired) electrons. The number of pyridine rings is 1. The van der Waals surface area contributed by atoms with Gasteiger partial charge in [0.2, 0.25) is 10.0 Å². The number of ketones is 1. The number of nitrogens with zero attached hydrogens (tertiary/aromatic N) is 2. The third-order valence-electron chi connectivity index (χ3n) is 9.47. The zero-order valence-electron chi connectivity index (χ0n) is 23.5. The summed E-state index contributed by atoms with van der Waals surface area (Å²) in [7, 11) is -1.70. The van der Waals surface area contributed by atoms with Crippen LogP contribution in [-0.2, 0) is 37.8 Å². The number of ether oxygens (including phenoxy) is 1. The van der Waals surface area contributed by atoms with Gasteiger partial charge in [0.1, 0.15) is 11.6 Å². The van der Waals surface area contributed by atoms with Crippen molar-refractivity contribution in [3.05, 3.63) is 65.0 Å². The Morgan fingerprint density at radius 3 is 2.63 bits per heavy atom. The molecule has 2 aliphatic heterocycles. The Bertz CT molecular complexity index is 1330. The number of piperazine rings is 1. The van der Waals surface area contributed by atoms with E-state index in [1.807, 2.05) is 0 Å². The molecule has 2 saturated heterocycles. The Labute approximate surface area is 241 Å². The second kappa shape index (κ2) is 12.5. The highest BCUT2D eigenvalue weighted by Gasteiger charge is 2.45. The van der Waals surface area contributed by atoms with E-state index in [0.29, 0.717) is 49.9 Å². The molecule has 1 aliphatic carbocycles. The smallest absolute Gasteiger partial charge is 0.214 e. The third-order valence-corrected chi connectivity index (χ3v) is 11.4. The number of benzene rings is 1. The Morgan fingerprint density at radius 1 is 1.20 bits per heavy atom. The van der Waals surface area contributed by atoms with Gasteiger partial charge < -0.3 is 15.8 Å². The number of hydrogen-bond donors (Lipinski definition) is 2. The number of fused-ring (bicyclic) bond motifs is 2. The lowest BCUT2D eigenvalue weighted by molar-refractivity contribution is -0.122. The minimum absolute atomic E-state index is 0.0717. The molecule has 8 nitrogen and oxygen atoms in total. The Morgan fingerprint density at radius 2 is 1.93 bits per heavy atom. The summed E-state index contributed by atoms with van der Waals surface area (Å²) in [5.41, 5.74) is 7.69.